The van der Waals surface area contributed by atoms with Crippen LogP contribution in [0.2, 0.25) is 0 Å². The van der Waals surface area contributed by atoms with E-state index in [0.29, 0.717) is 48.5 Å². The number of anilines is 3. The molecule has 14 nitrogen and oxygen atoms in total. The molecule has 0 atom stereocenters. The van der Waals surface area contributed by atoms with Gasteiger partial charge >= 0.3 is 6.09 Å². The molecule has 0 spiro atoms. The zero-order valence-corrected chi connectivity index (χ0v) is 20.0. The van der Waals surface area contributed by atoms with Crippen LogP contribution in [0.25, 0.3) is 11.4 Å². The number of methoxy groups -OCH3 is 2. The molecule has 3 aromatic rings. The van der Waals surface area contributed by atoms with Crippen LogP contribution in [-0.4, -0.2) is 84.8 Å². The number of carbonyl (C=O) groups is 2. The highest BCUT2D eigenvalue weighted by Gasteiger charge is 2.21. The van der Waals surface area contributed by atoms with Crippen molar-refractivity contribution >= 4 is 29.2 Å². The van der Waals surface area contributed by atoms with E-state index in [-0.39, 0.29) is 17.2 Å². The molecule has 3 heterocycles. The first-order valence-electron chi connectivity index (χ1n) is 11.0. The Bertz CT molecular complexity index is 1230. The molecule has 36 heavy (non-hydrogen) atoms. The Balaban J connectivity index is 1.63. The van der Waals surface area contributed by atoms with Gasteiger partial charge in [-0.3, -0.25) is 15.0 Å². The number of hydrogen-bond acceptors (Lipinski definition) is 12. The van der Waals surface area contributed by atoms with Gasteiger partial charge in [0, 0.05) is 26.2 Å². The summed E-state index contributed by atoms with van der Waals surface area (Å²) >= 11 is 0. The molecule has 1 aliphatic heterocycles. The van der Waals surface area contributed by atoms with Crippen LogP contribution in [0.3, 0.4) is 0 Å². The lowest BCUT2D eigenvalue weighted by Gasteiger charge is -2.24. The number of carbonyl (C=O) groups excluding carboxylic acids is 2. The average Bonchev–Trinajstić information content (AvgIpc) is 3.37. The SMILES string of the molecule is CNC(=O)c1nnc(NC(=O)OC)cc1Nc1cccc(-c2noc(CN3CCOCC3)n2)c1OC. The predicted octanol–water partition coefficient (Wildman–Crippen LogP) is 1.65. The van der Waals surface area contributed by atoms with Crippen molar-refractivity contribution < 1.29 is 28.3 Å². The van der Waals surface area contributed by atoms with Gasteiger partial charge in [0.2, 0.25) is 11.7 Å². The molecule has 0 unspecified atom stereocenters. The monoisotopic (exact) mass is 498 g/mol. The van der Waals surface area contributed by atoms with E-state index in [2.05, 4.69) is 45.9 Å². The average molecular weight is 499 g/mol. The summed E-state index contributed by atoms with van der Waals surface area (Å²) in [6.45, 7) is 3.44. The van der Waals surface area contributed by atoms with Gasteiger partial charge in [-0.2, -0.15) is 4.98 Å². The minimum absolute atomic E-state index is 0.00716. The van der Waals surface area contributed by atoms with Crippen LogP contribution in [0, 0.1) is 0 Å². The van der Waals surface area contributed by atoms with Gasteiger partial charge in [-0.25, -0.2) is 4.79 Å². The molecule has 14 heteroatoms. The van der Waals surface area contributed by atoms with E-state index in [0.717, 1.165) is 13.1 Å². The third-order valence-corrected chi connectivity index (χ3v) is 5.31. The Morgan fingerprint density at radius 3 is 2.67 bits per heavy atom. The lowest BCUT2D eigenvalue weighted by Crippen LogP contribution is -2.35. The molecule has 1 fully saturated rings. The molecule has 1 aromatic carbocycles. The minimum Gasteiger partial charge on any atom is -0.494 e. The summed E-state index contributed by atoms with van der Waals surface area (Å²) in [6.07, 6.45) is -0.729. The molecule has 3 N–H and O–H groups in total. The van der Waals surface area contributed by atoms with E-state index in [1.54, 1.807) is 18.2 Å². The number of hydrogen-bond donors (Lipinski definition) is 3. The van der Waals surface area contributed by atoms with Crippen LogP contribution in [-0.2, 0) is 16.0 Å². The highest BCUT2D eigenvalue weighted by Crippen LogP contribution is 2.37. The third kappa shape index (κ3) is 5.67. The maximum Gasteiger partial charge on any atom is 0.412 e. The molecule has 4 rings (SSSR count). The van der Waals surface area contributed by atoms with Crippen molar-refractivity contribution in [2.24, 2.45) is 0 Å². The van der Waals surface area contributed by atoms with E-state index in [1.165, 1.54) is 27.3 Å². The number of nitrogens with one attached hydrogen (secondary N) is 3. The number of nitrogens with zero attached hydrogens (tertiary/aromatic N) is 5. The normalized spacial score (nSPS) is 13.6. The summed E-state index contributed by atoms with van der Waals surface area (Å²) in [5.74, 6) is 0.851. The molecule has 2 aromatic heterocycles. The smallest absolute Gasteiger partial charge is 0.412 e. The van der Waals surface area contributed by atoms with Crippen molar-refractivity contribution in [3.05, 3.63) is 35.9 Å². The van der Waals surface area contributed by atoms with Crippen LogP contribution in [0.4, 0.5) is 22.0 Å². The van der Waals surface area contributed by atoms with Crippen molar-refractivity contribution in [3.63, 3.8) is 0 Å². The third-order valence-electron chi connectivity index (χ3n) is 5.31. The van der Waals surface area contributed by atoms with Gasteiger partial charge in [0.15, 0.2) is 17.3 Å². The highest BCUT2D eigenvalue weighted by atomic mass is 16.5. The lowest BCUT2D eigenvalue weighted by molar-refractivity contribution is 0.0297. The number of benzene rings is 1. The first-order chi connectivity index (χ1) is 17.5. The van der Waals surface area contributed by atoms with Crippen LogP contribution >= 0.6 is 0 Å². The number of para-hydroxylation sites is 1. The summed E-state index contributed by atoms with van der Waals surface area (Å²) in [6, 6.07) is 6.77. The maximum absolute atomic E-state index is 12.4. The largest absolute Gasteiger partial charge is 0.494 e. The maximum atomic E-state index is 12.4. The molecule has 2 amide bonds. The summed E-state index contributed by atoms with van der Waals surface area (Å²) in [4.78, 5) is 30.7. The second-order valence-electron chi connectivity index (χ2n) is 7.60. The number of morpholine rings is 1. The molecular formula is C22H26N8O6. The van der Waals surface area contributed by atoms with Gasteiger partial charge in [0.25, 0.3) is 5.91 Å². The van der Waals surface area contributed by atoms with E-state index >= 15 is 0 Å². The van der Waals surface area contributed by atoms with Crippen molar-refractivity contribution in [1.82, 2.24) is 30.6 Å². The molecule has 0 radical (unpaired) electrons. The molecule has 1 saturated heterocycles. The Labute approximate surface area is 206 Å². The van der Waals surface area contributed by atoms with Crippen molar-refractivity contribution in [2.45, 2.75) is 6.54 Å². The van der Waals surface area contributed by atoms with Crippen LogP contribution in [0.5, 0.6) is 5.75 Å². The number of rotatable bonds is 8. The molecule has 0 aliphatic carbocycles. The number of amides is 2. The van der Waals surface area contributed by atoms with Crippen molar-refractivity contribution in [1.29, 1.82) is 0 Å². The van der Waals surface area contributed by atoms with Crippen molar-refractivity contribution in [3.8, 4) is 17.1 Å². The van der Waals surface area contributed by atoms with E-state index < -0.39 is 12.0 Å². The van der Waals surface area contributed by atoms with Gasteiger partial charge in [-0.15, -0.1) is 10.2 Å². The summed E-state index contributed by atoms with van der Waals surface area (Å²) in [5, 5.41) is 20.0. The second kappa shape index (κ2) is 11.4. The van der Waals surface area contributed by atoms with Crippen LogP contribution in [0.1, 0.15) is 16.4 Å². The zero-order valence-electron chi connectivity index (χ0n) is 20.0. The number of aromatic nitrogens is 4. The van der Waals surface area contributed by atoms with Gasteiger partial charge in [-0.05, 0) is 12.1 Å². The Morgan fingerprint density at radius 1 is 1.14 bits per heavy atom. The molecule has 190 valence electrons. The van der Waals surface area contributed by atoms with Gasteiger partial charge < -0.3 is 29.4 Å². The first kappa shape index (κ1) is 24.8. The standard InChI is InChI=1S/C22H26N8O6/c1-23-21(31)18-15(11-16(27-28-18)25-22(32)34-3)24-14-6-4-5-13(19(14)33-2)20-26-17(36-29-20)12-30-7-9-35-10-8-30/h4-6,11H,7-10,12H2,1-3H3,(H,23,31)(H2,24,25,27,32). The van der Waals surface area contributed by atoms with E-state index in [4.69, 9.17) is 14.0 Å². The highest BCUT2D eigenvalue weighted by molar-refractivity contribution is 5.99. The van der Waals surface area contributed by atoms with Gasteiger partial charge in [-0.1, -0.05) is 11.2 Å². The lowest BCUT2D eigenvalue weighted by atomic mass is 10.1. The van der Waals surface area contributed by atoms with Gasteiger partial charge in [0.1, 0.15) is 0 Å². The molecule has 1 aliphatic rings. The fourth-order valence-electron chi connectivity index (χ4n) is 3.55. The molecular weight excluding hydrogens is 472 g/mol. The second-order valence-corrected chi connectivity index (χ2v) is 7.60. The van der Waals surface area contributed by atoms with E-state index in [9.17, 15) is 9.59 Å². The predicted molar refractivity (Wildman–Crippen MR) is 127 cm³/mol. The van der Waals surface area contributed by atoms with Crippen LogP contribution < -0.4 is 20.7 Å². The fourth-order valence-corrected chi connectivity index (χ4v) is 3.55. The quantitative estimate of drug-likeness (QED) is 0.412. The number of ether oxygens (including phenoxy) is 3. The van der Waals surface area contributed by atoms with E-state index in [1.807, 2.05) is 0 Å². The van der Waals surface area contributed by atoms with Crippen LogP contribution in [0.15, 0.2) is 28.8 Å². The summed E-state index contributed by atoms with van der Waals surface area (Å²) in [5.41, 5.74) is 1.35. The minimum atomic E-state index is -0.729. The fraction of sp³-hybridized carbons (Fsp3) is 0.364. The summed E-state index contributed by atoms with van der Waals surface area (Å²) < 4.78 is 21.1. The van der Waals surface area contributed by atoms with Gasteiger partial charge in [0.05, 0.1) is 50.9 Å². The Kier molecular flexibility index (Phi) is 7.87. The topological polar surface area (TPSA) is 166 Å². The summed E-state index contributed by atoms with van der Waals surface area (Å²) in [7, 11) is 4.20. The van der Waals surface area contributed by atoms with Crippen molar-refractivity contribution in [2.75, 3.05) is 58.2 Å². The first-order valence-corrected chi connectivity index (χ1v) is 11.0. The molecule has 0 saturated carbocycles. The Hall–Kier alpha value is -4.30. The zero-order chi connectivity index (χ0) is 25.5. The Morgan fingerprint density at radius 2 is 1.94 bits per heavy atom. The molecule has 0 bridgehead atoms.